The molecule has 2 N–H and O–H groups in total. The summed E-state index contributed by atoms with van der Waals surface area (Å²) in [7, 11) is 0. The Hall–Kier alpha value is -0.880. The maximum atomic E-state index is 10.5. The van der Waals surface area contributed by atoms with E-state index in [1.54, 1.807) is 0 Å². The first-order chi connectivity index (χ1) is 8.29. The highest BCUT2D eigenvalue weighted by atomic mass is 32.2. The molecule has 17 heavy (non-hydrogen) atoms. The highest BCUT2D eigenvalue weighted by Crippen LogP contribution is 2.24. The van der Waals surface area contributed by atoms with Crippen molar-refractivity contribution in [2.75, 3.05) is 13.2 Å². The van der Waals surface area contributed by atoms with Crippen molar-refractivity contribution >= 4 is 18.3 Å². The van der Waals surface area contributed by atoms with E-state index in [9.17, 15) is 4.79 Å². The minimum atomic E-state index is -0.543. The molecule has 1 aliphatic heterocycles. The van der Waals surface area contributed by atoms with Crippen LogP contribution in [0.25, 0.3) is 0 Å². The molecule has 0 aliphatic carbocycles. The predicted octanol–water partition coefficient (Wildman–Crippen LogP) is 1.70. The number of rotatable bonds is 5. The second-order valence-corrected chi connectivity index (χ2v) is 4.73. The first-order valence-electron chi connectivity index (χ1n) is 5.51. The molecule has 1 aromatic carbocycles. The number of nitrogens with two attached hydrogens (primary N) is 1. The van der Waals surface area contributed by atoms with Gasteiger partial charge in [0.25, 0.3) is 0 Å². The smallest absolute Gasteiger partial charge is 0.141 e. The third kappa shape index (κ3) is 3.54. The Bertz CT molecular complexity index is 363. The maximum Gasteiger partial charge on any atom is 0.141 e. The van der Waals surface area contributed by atoms with E-state index in [1.807, 2.05) is 24.3 Å². The molecule has 1 aliphatic rings. The van der Waals surface area contributed by atoms with Crippen LogP contribution in [-0.2, 0) is 13.7 Å². The van der Waals surface area contributed by atoms with Gasteiger partial charge in [-0.25, -0.2) is 0 Å². The lowest BCUT2D eigenvalue weighted by Crippen LogP contribution is -2.11. The third-order valence-corrected chi connectivity index (χ3v) is 3.41. The average Bonchev–Trinajstić information content (AvgIpc) is 2.89. The highest BCUT2D eigenvalue weighted by molar-refractivity contribution is 7.94. The lowest BCUT2D eigenvalue weighted by atomic mass is 10.1. The standard InChI is InChI=1S/C12H15NO3S/c13-12(7-14)9-1-3-11(4-2-9)17-16-10-5-6-15-8-10/h1-4,7,10,12H,5-6,8,13H2. The molecule has 1 fully saturated rings. The van der Waals surface area contributed by atoms with Gasteiger partial charge in [0, 0.05) is 30.0 Å². The van der Waals surface area contributed by atoms with Crippen LogP contribution < -0.4 is 5.73 Å². The molecule has 2 rings (SSSR count). The van der Waals surface area contributed by atoms with Crippen molar-refractivity contribution in [3.8, 4) is 0 Å². The average molecular weight is 253 g/mol. The van der Waals surface area contributed by atoms with Gasteiger partial charge < -0.3 is 19.4 Å². The van der Waals surface area contributed by atoms with Crippen LogP contribution in [0.1, 0.15) is 18.0 Å². The van der Waals surface area contributed by atoms with Crippen LogP contribution in [0.3, 0.4) is 0 Å². The summed E-state index contributed by atoms with van der Waals surface area (Å²) >= 11 is 1.34. The number of carbonyl (C=O) groups is 1. The largest absolute Gasteiger partial charge is 0.379 e. The van der Waals surface area contributed by atoms with Gasteiger partial charge in [-0.1, -0.05) is 12.1 Å². The van der Waals surface area contributed by atoms with Gasteiger partial charge in [0.05, 0.1) is 18.8 Å². The molecule has 92 valence electrons. The van der Waals surface area contributed by atoms with Crippen LogP contribution >= 0.6 is 12.0 Å². The van der Waals surface area contributed by atoms with Gasteiger partial charge in [0.1, 0.15) is 6.29 Å². The molecule has 5 heteroatoms. The van der Waals surface area contributed by atoms with Gasteiger partial charge in [-0.2, -0.15) is 0 Å². The number of ether oxygens (including phenoxy) is 1. The molecule has 0 bridgehead atoms. The molecule has 2 unspecified atom stereocenters. The number of carbonyl (C=O) groups excluding carboxylic acids is 1. The molecular formula is C12H15NO3S. The molecule has 2 atom stereocenters. The summed E-state index contributed by atoms with van der Waals surface area (Å²) < 4.78 is 10.8. The summed E-state index contributed by atoms with van der Waals surface area (Å²) in [5.41, 5.74) is 6.41. The van der Waals surface area contributed by atoms with Gasteiger partial charge in [-0.05, 0) is 17.7 Å². The summed E-state index contributed by atoms with van der Waals surface area (Å²) in [5.74, 6) is 0. The Balaban J connectivity index is 1.86. The molecule has 1 aromatic rings. The van der Waals surface area contributed by atoms with E-state index in [1.165, 1.54) is 12.0 Å². The first kappa shape index (κ1) is 12.6. The molecule has 0 radical (unpaired) electrons. The zero-order valence-electron chi connectivity index (χ0n) is 9.37. The SMILES string of the molecule is NC(C=O)c1ccc(SOC2CCOC2)cc1. The van der Waals surface area contributed by atoms with Gasteiger partial charge in [-0.3, -0.25) is 0 Å². The van der Waals surface area contributed by atoms with Gasteiger partial charge >= 0.3 is 0 Å². The van der Waals surface area contributed by atoms with Crippen LogP contribution in [0.5, 0.6) is 0 Å². The highest BCUT2D eigenvalue weighted by Gasteiger charge is 2.16. The Morgan fingerprint density at radius 1 is 1.47 bits per heavy atom. The topological polar surface area (TPSA) is 61.6 Å². The number of hydrogen-bond donors (Lipinski definition) is 1. The second-order valence-electron chi connectivity index (χ2n) is 3.90. The summed E-state index contributed by atoms with van der Waals surface area (Å²) in [6, 6.07) is 6.95. The molecule has 0 saturated carbocycles. The summed E-state index contributed by atoms with van der Waals surface area (Å²) in [4.78, 5) is 11.5. The van der Waals surface area contributed by atoms with E-state index in [0.717, 1.165) is 29.8 Å². The molecule has 0 amide bonds. The van der Waals surface area contributed by atoms with Crippen LogP contribution in [0.15, 0.2) is 29.2 Å². The molecule has 0 aromatic heterocycles. The minimum Gasteiger partial charge on any atom is -0.379 e. The monoisotopic (exact) mass is 253 g/mol. The van der Waals surface area contributed by atoms with Crippen LogP contribution in [-0.4, -0.2) is 25.6 Å². The first-order valence-corrected chi connectivity index (χ1v) is 6.25. The van der Waals surface area contributed by atoms with Crippen molar-refractivity contribution in [1.82, 2.24) is 0 Å². The lowest BCUT2D eigenvalue weighted by Gasteiger charge is -2.09. The Morgan fingerprint density at radius 3 is 2.82 bits per heavy atom. The summed E-state index contributed by atoms with van der Waals surface area (Å²) in [5, 5.41) is 0. The zero-order valence-corrected chi connectivity index (χ0v) is 10.2. The number of benzene rings is 1. The van der Waals surface area contributed by atoms with E-state index >= 15 is 0 Å². The Morgan fingerprint density at radius 2 is 2.24 bits per heavy atom. The maximum absolute atomic E-state index is 10.5. The molecule has 1 heterocycles. The van der Waals surface area contributed by atoms with Crippen LogP contribution in [0.2, 0.25) is 0 Å². The molecule has 0 spiro atoms. The molecule has 4 nitrogen and oxygen atoms in total. The molecular weight excluding hydrogens is 238 g/mol. The fourth-order valence-corrected chi connectivity index (χ4v) is 2.18. The van der Waals surface area contributed by atoms with Gasteiger partial charge in [-0.15, -0.1) is 0 Å². The van der Waals surface area contributed by atoms with Crippen molar-refractivity contribution in [3.63, 3.8) is 0 Å². The summed E-state index contributed by atoms with van der Waals surface area (Å²) in [6.07, 6.45) is 1.85. The summed E-state index contributed by atoms with van der Waals surface area (Å²) in [6.45, 7) is 1.44. The van der Waals surface area contributed by atoms with Crippen molar-refractivity contribution in [3.05, 3.63) is 29.8 Å². The van der Waals surface area contributed by atoms with Crippen molar-refractivity contribution in [2.24, 2.45) is 5.73 Å². The molecule has 1 saturated heterocycles. The number of hydrogen-bond acceptors (Lipinski definition) is 5. The van der Waals surface area contributed by atoms with Gasteiger partial charge in [0.15, 0.2) is 0 Å². The van der Waals surface area contributed by atoms with Crippen molar-refractivity contribution < 1.29 is 13.7 Å². The normalized spacial score (nSPS) is 21.4. The van der Waals surface area contributed by atoms with Crippen molar-refractivity contribution in [2.45, 2.75) is 23.5 Å². The zero-order chi connectivity index (χ0) is 12.1. The fourth-order valence-electron chi connectivity index (χ4n) is 1.54. The Labute approximate surface area is 105 Å². The lowest BCUT2D eigenvalue weighted by molar-refractivity contribution is -0.109. The fraction of sp³-hybridized carbons (Fsp3) is 0.417. The second kappa shape index (κ2) is 6.16. The van der Waals surface area contributed by atoms with E-state index in [2.05, 4.69) is 0 Å². The third-order valence-electron chi connectivity index (χ3n) is 2.58. The van der Waals surface area contributed by atoms with E-state index in [0.29, 0.717) is 6.61 Å². The van der Waals surface area contributed by atoms with Crippen LogP contribution in [0, 0.1) is 0 Å². The van der Waals surface area contributed by atoms with Gasteiger partial charge in [0.2, 0.25) is 0 Å². The quantitative estimate of drug-likeness (QED) is 0.639. The predicted molar refractivity (Wildman–Crippen MR) is 65.6 cm³/mol. The van der Waals surface area contributed by atoms with Crippen LogP contribution in [0.4, 0.5) is 0 Å². The van der Waals surface area contributed by atoms with E-state index in [4.69, 9.17) is 14.7 Å². The van der Waals surface area contributed by atoms with E-state index < -0.39 is 6.04 Å². The van der Waals surface area contributed by atoms with Crippen molar-refractivity contribution in [1.29, 1.82) is 0 Å². The Kier molecular flexibility index (Phi) is 4.56. The number of aldehydes is 1. The van der Waals surface area contributed by atoms with E-state index in [-0.39, 0.29) is 6.10 Å². The minimum absolute atomic E-state index is 0.178.